The highest BCUT2D eigenvalue weighted by atomic mass is 16.5. The van der Waals surface area contributed by atoms with Gasteiger partial charge in [-0.1, -0.05) is 17.3 Å². The molecule has 182 valence electrons. The summed E-state index contributed by atoms with van der Waals surface area (Å²) >= 11 is 0. The van der Waals surface area contributed by atoms with Gasteiger partial charge in [-0.05, 0) is 62.6 Å². The van der Waals surface area contributed by atoms with Crippen molar-refractivity contribution in [1.82, 2.24) is 20.4 Å². The Kier molecular flexibility index (Phi) is 7.44. The van der Waals surface area contributed by atoms with Crippen molar-refractivity contribution in [2.75, 3.05) is 19.7 Å². The molecule has 35 heavy (non-hydrogen) atoms. The Hall–Kier alpha value is -3.74. The number of nitriles is 1. The maximum absolute atomic E-state index is 12.1. The fourth-order valence-corrected chi connectivity index (χ4v) is 4.02. The molecule has 0 radical (unpaired) electrons. The SMILES string of the molecule is CC(C)Oc1ccc(-c2nc(-c3ccc4c(c3)CCN(CC(=O)N[C@@H](C)CO)C4)no2)cc1C#N. The Morgan fingerprint density at radius 1 is 1.23 bits per heavy atom. The van der Waals surface area contributed by atoms with E-state index in [1.54, 1.807) is 25.1 Å². The number of hydrogen-bond acceptors (Lipinski definition) is 8. The topological polar surface area (TPSA) is 125 Å². The van der Waals surface area contributed by atoms with Gasteiger partial charge in [0.05, 0.1) is 24.8 Å². The third kappa shape index (κ3) is 5.85. The van der Waals surface area contributed by atoms with Crippen molar-refractivity contribution < 1.29 is 19.2 Å². The first-order valence-corrected chi connectivity index (χ1v) is 11.7. The zero-order chi connectivity index (χ0) is 24.9. The number of amides is 1. The first kappa shape index (κ1) is 24.4. The zero-order valence-corrected chi connectivity index (χ0v) is 20.1. The van der Waals surface area contributed by atoms with E-state index in [0.29, 0.717) is 41.7 Å². The molecule has 1 aromatic heterocycles. The maximum Gasteiger partial charge on any atom is 0.258 e. The average molecular weight is 476 g/mol. The molecule has 1 amide bonds. The van der Waals surface area contributed by atoms with Gasteiger partial charge in [-0.2, -0.15) is 10.2 Å². The van der Waals surface area contributed by atoms with Crippen LogP contribution in [0.15, 0.2) is 40.9 Å². The van der Waals surface area contributed by atoms with Gasteiger partial charge in [0.15, 0.2) is 0 Å². The number of hydrogen-bond donors (Lipinski definition) is 2. The Bertz CT molecular complexity index is 1250. The van der Waals surface area contributed by atoms with Crippen molar-refractivity contribution in [2.45, 2.75) is 45.9 Å². The van der Waals surface area contributed by atoms with Crippen molar-refractivity contribution >= 4 is 5.91 Å². The van der Waals surface area contributed by atoms with Crippen LogP contribution in [0.2, 0.25) is 0 Å². The lowest BCUT2D eigenvalue weighted by atomic mass is 9.97. The summed E-state index contributed by atoms with van der Waals surface area (Å²) in [6.45, 7) is 7.25. The second kappa shape index (κ2) is 10.7. The molecule has 1 aliphatic rings. The number of fused-ring (bicyclic) bond motifs is 1. The molecule has 0 unspecified atom stereocenters. The molecule has 2 heterocycles. The molecule has 0 fully saturated rings. The van der Waals surface area contributed by atoms with Crippen LogP contribution in [-0.4, -0.2) is 57.9 Å². The van der Waals surface area contributed by atoms with E-state index < -0.39 is 0 Å². The average Bonchev–Trinajstić information content (AvgIpc) is 3.34. The minimum atomic E-state index is -0.250. The van der Waals surface area contributed by atoms with Gasteiger partial charge >= 0.3 is 0 Å². The van der Waals surface area contributed by atoms with Crippen LogP contribution >= 0.6 is 0 Å². The monoisotopic (exact) mass is 475 g/mol. The molecule has 1 atom stereocenters. The van der Waals surface area contributed by atoms with Crippen LogP contribution in [0.3, 0.4) is 0 Å². The number of aliphatic hydroxyl groups excluding tert-OH is 1. The van der Waals surface area contributed by atoms with Gasteiger partial charge in [-0.3, -0.25) is 9.69 Å². The quantitative estimate of drug-likeness (QED) is 0.510. The van der Waals surface area contributed by atoms with Crippen molar-refractivity contribution in [2.24, 2.45) is 0 Å². The summed E-state index contributed by atoms with van der Waals surface area (Å²) in [5.74, 6) is 1.24. The number of nitrogens with one attached hydrogen (secondary N) is 1. The summed E-state index contributed by atoms with van der Waals surface area (Å²) in [5, 5.41) is 25.5. The molecule has 0 bridgehead atoms. The minimum Gasteiger partial charge on any atom is -0.490 e. The van der Waals surface area contributed by atoms with Gasteiger partial charge in [0.1, 0.15) is 11.8 Å². The van der Waals surface area contributed by atoms with Crippen LogP contribution in [0.25, 0.3) is 22.8 Å². The fourth-order valence-electron chi connectivity index (χ4n) is 4.02. The summed E-state index contributed by atoms with van der Waals surface area (Å²) in [7, 11) is 0. The van der Waals surface area contributed by atoms with E-state index >= 15 is 0 Å². The Morgan fingerprint density at radius 2 is 2.03 bits per heavy atom. The summed E-state index contributed by atoms with van der Waals surface area (Å²) in [6, 6.07) is 13.2. The van der Waals surface area contributed by atoms with Crippen LogP contribution in [0.1, 0.15) is 37.5 Å². The van der Waals surface area contributed by atoms with E-state index in [9.17, 15) is 10.1 Å². The molecule has 3 aromatic rings. The molecule has 0 aliphatic carbocycles. The van der Waals surface area contributed by atoms with Crippen molar-refractivity contribution in [3.05, 3.63) is 53.1 Å². The van der Waals surface area contributed by atoms with Crippen molar-refractivity contribution in [3.63, 3.8) is 0 Å². The Balaban J connectivity index is 1.47. The third-order valence-electron chi connectivity index (χ3n) is 5.74. The van der Waals surface area contributed by atoms with Gasteiger partial charge in [-0.15, -0.1) is 0 Å². The van der Waals surface area contributed by atoms with Gasteiger partial charge in [0.25, 0.3) is 5.89 Å². The molecule has 9 heteroatoms. The first-order chi connectivity index (χ1) is 16.9. The number of benzene rings is 2. The number of nitrogens with zero attached hydrogens (tertiary/aromatic N) is 4. The molecule has 1 aliphatic heterocycles. The normalized spacial score (nSPS) is 14.3. The number of ether oxygens (including phenoxy) is 1. The number of carbonyl (C=O) groups is 1. The number of carbonyl (C=O) groups excluding carboxylic acids is 1. The van der Waals surface area contributed by atoms with E-state index in [2.05, 4.69) is 32.5 Å². The van der Waals surface area contributed by atoms with Crippen LogP contribution in [0, 0.1) is 11.3 Å². The van der Waals surface area contributed by atoms with Gasteiger partial charge in [0, 0.05) is 30.3 Å². The highest BCUT2D eigenvalue weighted by Crippen LogP contribution is 2.29. The van der Waals surface area contributed by atoms with E-state index in [4.69, 9.17) is 14.4 Å². The number of aliphatic hydroxyl groups is 1. The number of rotatable bonds is 8. The molecular weight excluding hydrogens is 446 g/mol. The molecule has 0 saturated carbocycles. The highest BCUT2D eigenvalue weighted by molar-refractivity contribution is 5.78. The zero-order valence-electron chi connectivity index (χ0n) is 20.1. The summed E-state index contributed by atoms with van der Waals surface area (Å²) in [4.78, 5) is 18.8. The maximum atomic E-state index is 12.1. The predicted octanol–water partition coefficient (Wildman–Crippen LogP) is 2.92. The van der Waals surface area contributed by atoms with E-state index in [-0.39, 0.29) is 24.7 Å². The van der Waals surface area contributed by atoms with E-state index in [1.807, 2.05) is 26.0 Å². The van der Waals surface area contributed by atoms with Gasteiger partial charge in [0.2, 0.25) is 11.7 Å². The van der Waals surface area contributed by atoms with Crippen LogP contribution < -0.4 is 10.1 Å². The predicted molar refractivity (Wildman–Crippen MR) is 129 cm³/mol. The Labute approximate surface area is 204 Å². The van der Waals surface area contributed by atoms with Crippen molar-refractivity contribution in [3.8, 4) is 34.7 Å². The smallest absolute Gasteiger partial charge is 0.258 e. The van der Waals surface area contributed by atoms with Crippen LogP contribution in [0.5, 0.6) is 5.75 Å². The van der Waals surface area contributed by atoms with E-state index in [1.165, 1.54) is 5.56 Å². The lowest BCUT2D eigenvalue weighted by Gasteiger charge is -2.28. The van der Waals surface area contributed by atoms with Gasteiger partial charge < -0.3 is 19.7 Å². The lowest BCUT2D eigenvalue weighted by Crippen LogP contribution is -2.43. The molecule has 2 aromatic carbocycles. The minimum absolute atomic E-state index is 0.0360. The van der Waals surface area contributed by atoms with E-state index in [0.717, 1.165) is 24.1 Å². The second-order valence-electron chi connectivity index (χ2n) is 9.01. The van der Waals surface area contributed by atoms with Crippen LogP contribution in [0.4, 0.5) is 0 Å². The fraction of sp³-hybridized carbons (Fsp3) is 0.385. The highest BCUT2D eigenvalue weighted by Gasteiger charge is 2.21. The molecular formula is C26H29N5O4. The summed E-state index contributed by atoms with van der Waals surface area (Å²) in [6.07, 6.45) is 0.769. The van der Waals surface area contributed by atoms with Crippen LogP contribution in [-0.2, 0) is 17.8 Å². The van der Waals surface area contributed by atoms with Crippen molar-refractivity contribution in [1.29, 1.82) is 5.26 Å². The Morgan fingerprint density at radius 3 is 2.77 bits per heavy atom. The third-order valence-corrected chi connectivity index (χ3v) is 5.74. The molecule has 0 saturated heterocycles. The first-order valence-electron chi connectivity index (χ1n) is 11.7. The second-order valence-corrected chi connectivity index (χ2v) is 9.01. The van der Waals surface area contributed by atoms with Gasteiger partial charge in [-0.25, -0.2) is 0 Å². The summed E-state index contributed by atoms with van der Waals surface area (Å²) < 4.78 is 11.2. The molecule has 0 spiro atoms. The summed E-state index contributed by atoms with van der Waals surface area (Å²) in [5.41, 5.74) is 4.26. The molecule has 2 N–H and O–H groups in total. The lowest BCUT2D eigenvalue weighted by molar-refractivity contribution is -0.123. The number of aromatic nitrogens is 2. The molecule has 9 nitrogen and oxygen atoms in total. The standard InChI is InChI=1S/C26H29N5O4/c1-16(2)34-23-7-6-20(11-22(23)12-27)26-29-25(30-35-26)19-4-5-21-13-31(9-8-18(21)10-19)14-24(33)28-17(3)15-32/h4-7,10-11,16-17,32H,8-9,13-15H2,1-3H3,(H,28,33)/t17-/m0/s1. The molecule has 4 rings (SSSR count). The largest absolute Gasteiger partial charge is 0.490 e.